The molecule has 0 aromatic heterocycles. The van der Waals surface area contributed by atoms with Crippen LogP contribution in [0.3, 0.4) is 0 Å². The van der Waals surface area contributed by atoms with Crippen LogP contribution in [0, 0.1) is 17.4 Å². The molecule has 322 valence electrons. The Morgan fingerprint density at radius 1 is 0.552 bits per heavy atom. The number of benzene rings is 2. The molecule has 3 heterocycles. The van der Waals surface area contributed by atoms with Crippen LogP contribution in [0.5, 0.6) is 0 Å². The Morgan fingerprint density at radius 2 is 0.862 bits per heavy atom. The number of ether oxygens (including phenoxy) is 2. The van der Waals surface area contributed by atoms with Gasteiger partial charge in [0.25, 0.3) is 0 Å². The molecule has 2 aromatic carbocycles. The average molecular weight is 918 g/mol. The van der Waals surface area contributed by atoms with E-state index in [4.69, 9.17) is 37.4 Å². The molecule has 10 nitrogen and oxygen atoms in total. The second-order valence-electron chi connectivity index (χ2n) is 18.9. The van der Waals surface area contributed by atoms with Gasteiger partial charge in [0.1, 0.15) is 0 Å². The predicted molar refractivity (Wildman–Crippen MR) is 243 cm³/mol. The van der Waals surface area contributed by atoms with E-state index in [0.717, 1.165) is 22.5 Å². The third-order valence-electron chi connectivity index (χ3n) is 12.9. The summed E-state index contributed by atoms with van der Waals surface area (Å²) in [5.74, 6) is 0.715. The van der Waals surface area contributed by atoms with Gasteiger partial charge in [-0.3, -0.25) is 0 Å². The standard InChI is InChI=1S/C18H25BO4.C12H24B2O4.C12H13IO2.2CH4/c1-11-9-14(12-7-8-12)15(10-13(11)16(20)21-6)19-22-17(2,3)18(4,5)23-19;1-9(2)10(3,4)16-13(15-9)14-17-11(5,6)12(7,8)18-14;1-7-5-10(8-3-4-8)11(13)6-9(7)12(14)15-2;;/h9-10,12H,7-8H2,1-6H3;1-8H3;5-6,8H,3-4H2,1-2H3;2*1H4. The smallest absolute Gasteiger partial charge is 0.465 e. The van der Waals surface area contributed by atoms with E-state index in [0.29, 0.717) is 17.0 Å². The molecule has 14 heteroatoms. The summed E-state index contributed by atoms with van der Waals surface area (Å²) >= 11 is 2.30. The number of methoxy groups -OCH3 is 2. The maximum absolute atomic E-state index is 12.0. The lowest BCUT2D eigenvalue weighted by atomic mass is 9.49. The van der Waals surface area contributed by atoms with Crippen LogP contribution in [0.15, 0.2) is 24.3 Å². The molecule has 0 bridgehead atoms. The van der Waals surface area contributed by atoms with E-state index in [1.165, 1.54) is 54.6 Å². The highest BCUT2D eigenvalue weighted by atomic mass is 127. The van der Waals surface area contributed by atoms with Crippen LogP contribution in [0.4, 0.5) is 0 Å². The zero-order valence-corrected chi connectivity index (χ0v) is 38.6. The third-order valence-corrected chi connectivity index (χ3v) is 13.8. The van der Waals surface area contributed by atoms with E-state index in [1.54, 1.807) is 0 Å². The van der Waals surface area contributed by atoms with Crippen LogP contribution in [0.25, 0.3) is 0 Å². The van der Waals surface area contributed by atoms with Crippen molar-refractivity contribution in [1.82, 2.24) is 0 Å². The highest BCUT2D eigenvalue weighted by Crippen LogP contribution is 2.45. The van der Waals surface area contributed by atoms with Crippen LogP contribution in [-0.4, -0.2) is 80.9 Å². The first kappa shape index (κ1) is 50.4. The van der Waals surface area contributed by atoms with Gasteiger partial charge in [-0.15, -0.1) is 0 Å². The molecular formula is C44H70B3IO10. The minimum absolute atomic E-state index is 0. The molecule has 3 saturated heterocycles. The van der Waals surface area contributed by atoms with Gasteiger partial charge in [0, 0.05) is 3.57 Å². The molecule has 7 rings (SSSR count). The largest absolute Gasteiger partial charge is 0.495 e. The van der Waals surface area contributed by atoms with Crippen molar-refractivity contribution in [3.05, 3.63) is 61.2 Å². The summed E-state index contributed by atoms with van der Waals surface area (Å²) in [4.78, 5) is 23.5. The zero-order valence-electron chi connectivity index (χ0n) is 36.5. The number of rotatable bonds is 6. The number of carbonyl (C=O) groups is 2. The van der Waals surface area contributed by atoms with E-state index in [-0.39, 0.29) is 49.2 Å². The van der Waals surface area contributed by atoms with Gasteiger partial charge in [0.2, 0.25) is 0 Å². The van der Waals surface area contributed by atoms with Crippen LogP contribution in [0.2, 0.25) is 0 Å². The van der Waals surface area contributed by atoms with E-state index in [2.05, 4.69) is 34.7 Å². The Bertz CT molecular complexity index is 1730. The minimum atomic E-state index is -0.476. The highest BCUT2D eigenvalue weighted by Gasteiger charge is 2.63. The van der Waals surface area contributed by atoms with Gasteiger partial charge in [-0.1, -0.05) is 27.0 Å². The number of hydrogen-bond donors (Lipinski definition) is 0. The van der Waals surface area contributed by atoms with Crippen molar-refractivity contribution < 1.29 is 47.0 Å². The Balaban J connectivity index is 0.000000234. The molecule has 58 heavy (non-hydrogen) atoms. The lowest BCUT2D eigenvalue weighted by Crippen LogP contribution is -2.41. The molecule has 0 atom stereocenters. The zero-order chi connectivity index (χ0) is 42.0. The van der Waals surface area contributed by atoms with Crippen molar-refractivity contribution in [3.63, 3.8) is 0 Å². The molecular weight excluding hydrogens is 848 g/mol. The van der Waals surface area contributed by atoms with Crippen molar-refractivity contribution in [3.8, 4) is 0 Å². The summed E-state index contributed by atoms with van der Waals surface area (Å²) < 4.78 is 47.1. The summed E-state index contributed by atoms with van der Waals surface area (Å²) in [6, 6.07) is 8.07. The van der Waals surface area contributed by atoms with Gasteiger partial charge in [0.15, 0.2) is 0 Å². The molecule has 5 aliphatic rings. The Kier molecular flexibility index (Phi) is 15.5. The summed E-state index contributed by atoms with van der Waals surface area (Å²) in [7, 11) is 1.43. The fraction of sp³-hybridized carbons (Fsp3) is 0.682. The second kappa shape index (κ2) is 17.8. The van der Waals surface area contributed by atoms with Crippen molar-refractivity contribution in [1.29, 1.82) is 0 Å². The molecule has 3 aliphatic heterocycles. The van der Waals surface area contributed by atoms with Crippen LogP contribution in [0.1, 0.15) is 178 Å². The number of aryl methyl sites for hydroxylation is 2. The van der Waals surface area contributed by atoms with Gasteiger partial charge in [-0.05, 0) is 197 Å². The van der Waals surface area contributed by atoms with Crippen molar-refractivity contribution in [2.45, 2.75) is 183 Å². The lowest BCUT2D eigenvalue weighted by Gasteiger charge is -2.32. The predicted octanol–water partition coefficient (Wildman–Crippen LogP) is 9.74. The normalized spacial score (nSPS) is 22.7. The highest BCUT2D eigenvalue weighted by molar-refractivity contribution is 14.1. The van der Waals surface area contributed by atoms with Crippen molar-refractivity contribution >= 4 is 61.1 Å². The molecule has 2 saturated carbocycles. The molecule has 0 N–H and O–H groups in total. The Labute approximate surface area is 364 Å². The fourth-order valence-electron chi connectivity index (χ4n) is 6.74. The molecule has 5 fully saturated rings. The van der Waals surface area contributed by atoms with Crippen LogP contribution < -0.4 is 5.46 Å². The second-order valence-corrected chi connectivity index (χ2v) is 20.0. The topological polar surface area (TPSA) is 108 Å². The quantitative estimate of drug-likeness (QED) is 0.158. The van der Waals surface area contributed by atoms with E-state index in [9.17, 15) is 9.59 Å². The van der Waals surface area contributed by atoms with Gasteiger partial charge in [-0.2, -0.15) is 0 Å². The van der Waals surface area contributed by atoms with Gasteiger partial charge >= 0.3 is 33.1 Å². The molecule has 2 aliphatic carbocycles. The summed E-state index contributed by atoms with van der Waals surface area (Å²) in [5.41, 5.74) is 4.61. The molecule has 0 spiro atoms. The van der Waals surface area contributed by atoms with Crippen molar-refractivity contribution in [2.75, 3.05) is 14.2 Å². The van der Waals surface area contributed by atoms with E-state index in [1.807, 2.05) is 109 Å². The Hall–Kier alpha value is -1.94. The maximum Gasteiger partial charge on any atom is 0.495 e. The first-order valence-electron chi connectivity index (χ1n) is 19.9. The summed E-state index contributed by atoms with van der Waals surface area (Å²) in [5, 5.41) is 0. The maximum atomic E-state index is 12.0. The van der Waals surface area contributed by atoms with E-state index >= 15 is 0 Å². The molecule has 2 aromatic rings. The average Bonchev–Trinajstić information content (AvgIpc) is 4.01. The monoisotopic (exact) mass is 918 g/mol. The fourth-order valence-corrected chi connectivity index (χ4v) is 7.65. The van der Waals surface area contributed by atoms with Crippen LogP contribution in [-0.2, 0) is 37.4 Å². The van der Waals surface area contributed by atoms with Gasteiger partial charge in [0.05, 0.1) is 59.0 Å². The number of hydrogen-bond acceptors (Lipinski definition) is 10. The van der Waals surface area contributed by atoms with E-state index < -0.39 is 32.3 Å². The van der Waals surface area contributed by atoms with Gasteiger partial charge < -0.3 is 37.4 Å². The minimum Gasteiger partial charge on any atom is -0.465 e. The molecule has 0 amide bonds. The molecule has 0 radical (unpaired) electrons. The SMILES string of the molecule is C.C.CC1(C)OB(B2OC(C)(C)C(C)(C)O2)OC1(C)C.COC(=O)c1cc(B2OC(C)(C)C(C)(C)O2)c(C2CC2)cc1C.COC(=O)c1cc(I)c(C2CC2)cc1C. The third kappa shape index (κ3) is 10.4. The molecule has 0 unspecified atom stereocenters. The summed E-state index contributed by atoms with van der Waals surface area (Å²) in [6.07, 6.45) is 4.94. The first-order chi connectivity index (χ1) is 25.7. The lowest BCUT2D eigenvalue weighted by molar-refractivity contribution is 0.00578. The number of carbonyl (C=O) groups excluding carboxylic acids is 2. The van der Waals surface area contributed by atoms with Crippen molar-refractivity contribution in [2.24, 2.45) is 0 Å². The number of halogens is 1. The summed E-state index contributed by atoms with van der Waals surface area (Å²) in [6.45, 7) is 28.3. The van der Waals surface area contributed by atoms with Gasteiger partial charge in [-0.25, -0.2) is 9.59 Å². The first-order valence-corrected chi connectivity index (χ1v) is 20.9. The Morgan fingerprint density at radius 3 is 1.21 bits per heavy atom. The number of esters is 2. The van der Waals surface area contributed by atoms with Crippen LogP contribution >= 0.6 is 22.6 Å².